The van der Waals surface area contributed by atoms with E-state index >= 15 is 0 Å². The van der Waals surface area contributed by atoms with Crippen molar-refractivity contribution in [3.63, 3.8) is 0 Å². The Balaban J connectivity index is 2.26. The summed E-state index contributed by atoms with van der Waals surface area (Å²) in [5, 5.41) is 0. The third-order valence-corrected chi connectivity index (χ3v) is 3.87. The lowest BCUT2D eigenvalue weighted by Crippen LogP contribution is -2.15. The molecule has 0 aliphatic heterocycles. The van der Waals surface area contributed by atoms with Crippen LogP contribution in [-0.4, -0.2) is 6.61 Å². The molecule has 0 aliphatic carbocycles. The van der Waals surface area contributed by atoms with E-state index in [2.05, 4.69) is 47.1 Å². The van der Waals surface area contributed by atoms with Crippen LogP contribution in [0.5, 0.6) is 5.75 Å². The van der Waals surface area contributed by atoms with E-state index in [1.165, 1.54) is 11.1 Å². The minimum Gasteiger partial charge on any atom is -0.494 e. The van der Waals surface area contributed by atoms with E-state index in [9.17, 15) is 0 Å². The summed E-state index contributed by atoms with van der Waals surface area (Å²) in [5.41, 5.74) is 9.99. The number of ether oxygens (including phenoxy) is 1. The van der Waals surface area contributed by atoms with Crippen LogP contribution in [0.2, 0.25) is 0 Å². The molecule has 0 saturated carbocycles. The Morgan fingerprint density at radius 1 is 1.20 bits per heavy atom. The zero-order chi connectivity index (χ0) is 14.5. The number of halogens is 1. The van der Waals surface area contributed by atoms with E-state index in [0.717, 1.165) is 22.2 Å². The zero-order valence-electron chi connectivity index (χ0n) is 11.9. The second kappa shape index (κ2) is 6.91. The van der Waals surface area contributed by atoms with Crippen LogP contribution in [0, 0.1) is 6.92 Å². The molecule has 1 unspecified atom stereocenters. The van der Waals surface area contributed by atoms with Gasteiger partial charge in [0.2, 0.25) is 0 Å². The predicted octanol–water partition coefficient (Wildman–Crippen LogP) is 4.40. The molecule has 0 aliphatic rings. The molecule has 3 heteroatoms. The Kier molecular flexibility index (Phi) is 5.21. The molecule has 20 heavy (non-hydrogen) atoms. The van der Waals surface area contributed by atoms with Crippen molar-refractivity contribution in [3.05, 3.63) is 63.6 Å². The number of hydrogen-bond donors (Lipinski definition) is 1. The molecule has 0 fully saturated rings. The Morgan fingerprint density at radius 2 is 1.95 bits per heavy atom. The lowest BCUT2D eigenvalue weighted by molar-refractivity contribution is 0.334. The first-order chi connectivity index (χ1) is 9.61. The van der Waals surface area contributed by atoms with Gasteiger partial charge in [0.15, 0.2) is 0 Å². The summed E-state index contributed by atoms with van der Waals surface area (Å²) in [4.78, 5) is 0. The van der Waals surface area contributed by atoms with Gasteiger partial charge in [0, 0.05) is 16.1 Å². The predicted molar refractivity (Wildman–Crippen MR) is 87.1 cm³/mol. The first kappa shape index (κ1) is 15.1. The molecule has 2 N–H and O–H groups in total. The molecule has 2 rings (SSSR count). The van der Waals surface area contributed by atoms with Gasteiger partial charge in [-0.15, -0.1) is 0 Å². The van der Waals surface area contributed by atoms with Crippen LogP contribution < -0.4 is 10.5 Å². The highest BCUT2D eigenvalue weighted by Gasteiger charge is 2.14. The van der Waals surface area contributed by atoms with E-state index in [4.69, 9.17) is 10.5 Å². The molecule has 2 nitrogen and oxygen atoms in total. The van der Waals surface area contributed by atoms with Crippen LogP contribution in [-0.2, 0) is 6.42 Å². The van der Waals surface area contributed by atoms with Crippen LogP contribution in [0.3, 0.4) is 0 Å². The Morgan fingerprint density at radius 3 is 2.65 bits per heavy atom. The van der Waals surface area contributed by atoms with E-state index < -0.39 is 0 Å². The van der Waals surface area contributed by atoms with E-state index in [-0.39, 0.29) is 6.04 Å². The number of hydrogen-bond acceptors (Lipinski definition) is 2. The maximum Gasteiger partial charge on any atom is 0.124 e. The first-order valence-corrected chi connectivity index (χ1v) is 7.63. The van der Waals surface area contributed by atoms with Crippen molar-refractivity contribution < 1.29 is 4.74 Å². The molecule has 106 valence electrons. The normalized spacial score (nSPS) is 12.2. The van der Waals surface area contributed by atoms with Crippen molar-refractivity contribution >= 4 is 15.9 Å². The highest BCUT2D eigenvalue weighted by atomic mass is 79.9. The molecule has 0 radical (unpaired) electrons. The van der Waals surface area contributed by atoms with Gasteiger partial charge < -0.3 is 10.5 Å². The molecular weight excluding hydrogens is 314 g/mol. The van der Waals surface area contributed by atoms with Gasteiger partial charge in [0.1, 0.15) is 5.75 Å². The Labute approximate surface area is 129 Å². The lowest BCUT2D eigenvalue weighted by Gasteiger charge is -2.18. The highest BCUT2D eigenvalue weighted by Crippen LogP contribution is 2.30. The van der Waals surface area contributed by atoms with Crippen molar-refractivity contribution in [1.82, 2.24) is 0 Å². The summed E-state index contributed by atoms with van der Waals surface area (Å²) in [6, 6.07) is 14.3. The zero-order valence-corrected chi connectivity index (χ0v) is 13.5. The molecule has 0 heterocycles. The third kappa shape index (κ3) is 3.62. The number of benzene rings is 2. The molecule has 2 aromatic carbocycles. The molecule has 0 aromatic heterocycles. The van der Waals surface area contributed by atoms with Gasteiger partial charge >= 0.3 is 0 Å². The van der Waals surface area contributed by atoms with E-state index in [1.807, 2.05) is 25.1 Å². The van der Waals surface area contributed by atoms with Gasteiger partial charge in [-0.1, -0.05) is 40.2 Å². The van der Waals surface area contributed by atoms with Gasteiger partial charge in [-0.25, -0.2) is 0 Å². The Hall–Kier alpha value is -1.32. The standard InChI is InChI=1S/C17H20BrNO/c1-3-20-17-9-8-14(18)11-15(17)16(19)10-13-7-5-4-6-12(13)2/h4-9,11,16H,3,10,19H2,1-2H3. The average Bonchev–Trinajstić information content (AvgIpc) is 2.43. The monoisotopic (exact) mass is 333 g/mol. The quantitative estimate of drug-likeness (QED) is 0.880. The van der Waals surface area contributed by atoms with Gasteiger partial charge in [-0.05, 0) is 49.6 Å². The smallest absolute Gasteiger partial charge is 0.124 e. The summed E-state index contributed by atoms with van der Waals surface area (Å²) in [5.74, 6) is 0.872. The van der Waals surface area contributed by atoms with Crippen molar-refractivity contribution in [2.75, 3.05) is 6.61 Å². The summed E-state index contributed by atoms with van der Waals surface area (Å²) >= 11 is 3.50. The van der Waals surface area contributed by atoms with Crippen LogP contribution in [0.4, 0.5) is 0 Å². The van der Waals surface area contributed by atoms with Crippen LogP contribution >= 0.6 is 15.9 Å². The van der Waals surface area contributed by atoms with Crippen LogP contribution in [0.25, 0.3) is 0 Å². The lowest BCUT2D eigenvalue weighted by atomic mass is 9.96. The van der Waals surface area contributed by atoms with Crippen molar-refractivity contribution in [3.8, 4) is 5.75 Å². The topological polar surface area (TPSA) is 35.2 Å². The SMILES string of the molecule is CCOc1ccc(Br)cc1C(N)Cc1ccccc1C. The average molecular weight is 334 g/mol. The summed E-state index contributed by atoms with van der Waals surface area (Å²) in [6.45, 7) is 4.75. The van der Waals surface area contributed by atoms with E-state index in [0.29, 0.717) is 6.61 Å². The summed E-state index contributed by atoms with van der Waals surface area (Å²) in [6.07, 6.45) is 0.809. The van der Waals surface area contributed by atoms with Gasteiger partial charge in [0.05, 0.1) is 6.61 Å². The van der Waals surface area contributed by atoms with Gasteiger partial charge in [0.25, 0.3) is 0 Å². The second-order valence-electron chi connectivity index (χ2n) is 4.85. The summed E-state index contributed by atoms with van der Waals surface area (Å²) in [7, 11) is 0. The van der Waals surface area contributed by atoms with Gasteiger partial charge in [-0.2, -0.15) is 0 Å². The fourth-order valence-electron chi connectivity index (χ4n) is 2.28. The van der Waals surface area contributed by atoms with Crippen molar-refractivity contribution in [2.24, 2.45) is 5.73 Å². The van der Waals surface area contributed by atoms with Crippen molar-refractivity contribution in [1.29, 1.82) is 0 Å². The third-order valence-electron chi connectivity index (χ3n) is 3.37. The largest absolute Gasteiger partial charge is 0.494 e. The van der Waals surface area contributed by atoms with Crippen molar-refractivity contribution in [2.45, 2.75) is 26.3 Å². The second-order valence-corrected chi connectivity index (χ2v) is 5.77. The minimum absolute atomic E-state index is 0.0739. The fraction of sp³-hybridized carbons (Fsp3) is 0.294. The molecule has 2 aromatic rings. The highest BCUT2D eigenvalue weighted by molar-refractivity contribution is 9.10. The minimum atomic E-state index is -0.0739. The number of nitrogens with two attached hydrogens (primary N) is 1. The molecule has 0 saturated heterocycles. The Bertz CT molecular complexity index is 583. The molecular formula is C17H20BrNO. The number of aryl methyl sites for hydroxylation is 1. The summed E-state index contributed by atoms with van der Waals surface area (Å²) < 4.78 is 6.70. The van der Waals surface area contributed by atoms with Gasteiger partial charge in [-0.3, -0.25) is 0 Å². The number of rotatable bonds is 5. The molecule has 0 amide bonds. The fourth-order valence-corrected chi connectivity index (χ4v) is 2.66. The molecule has 0 spiro atoms. The molecule has 1 atom stereocenters. The van der Waals surface area contributed by atoms with Crippen LogP contribution in [0.1, 0.15) is 29.7 Å². The van der Waals surface area contributed by atoms with E-state index in [1.54, 1.807) is 0 Å². The maximum atomic E-state index is 6.40. The maximum absolute atomic E-state index is 6.40. The first-order valence-electron chi connectivity index (χ1n) is 6.84. The van der Waals surface area contributed by atoms with Crippen LogP contribution in [0.15, 0.2) is 46.9 Å². The molecule has 0 bridgehead atoms.